The largest absolute Gasteiger partial charge is 0.441 e. The molecule has 3 aliphatic heterocycles. The number of imidazole rings is 1. The van der Waals surface area contributed by atoms with Crippen LogP contribution in [0.15, 0.2) is 37.9 Å². The molecule has 8 amide bonds. The molecule has 2 fully saturated rings. The molecule has 1 unspecified atom stereocenters. The number of hydrogen-bond donors (Lipinski definition) is 26. The number of nitrogens with zero attached hydrogens (tertiary/aromatic N) is 8. The second-order valence-electron chi connectivity index (χ2n) is 26.8. The number of rotatable bonds is 46. The lowest BCUT2D eigenvalue weighted by Crippen LogP contribution is -2.65. The minimum absolute atomic E-state index is 0.00406. The van der Waals surface area contributed by atoms with Crippen LogP contribution in [0.1, 0.15) is 133 Å². The van der Waals surface area contributed by atoms with Crippen LogP contribution in [0.3, 0.4) is 0 Å². The number of hydrogen-bond acceptors (Lipinski definition) is 34. The van der Waals surface area contributed by atoms with Gasteiger partial charge in [-0.1, -0.05) is 6.92 Å². The molecular formula is C65H108N26O21S2. The Morgan fingerprint density at radius 3 is 1.93 bits per heavy atom. The summed E-state index contributed by atoms with van der Waals surface area (Å²) in [5, 5.41) is 113. The van der Waals surface area contributed by atoms with Crippen LogP contribution in [0, 0.1) is 12.8 Å². The van der Waals surface area contributed by atoms with Gasteiger partial charge >= 0.3 is 6.09 Å². The van der Waals surface area contributed by atoms with Crippen molar-refractivity contribution in [2.45, 2.75) is 195 Å². The number of aromatic nitrogens is 5. The number of guanidine groups is 3. The maximum Gasteiger partial charge on any atom is 0.404 e. The molecule has 6 rings (SSSR count). The highest BCUT2D eigenvalue weighted by Crippen LogP contribution is 2.36. The Morgan fingerprint density at radius 2 is 1.32 bits per heavy atom. The number of aromatic amines is 1. The van der Waals surface area contributed by atoms with Crippen LogP contribution in [-0.4, -0.2) is 305 Å². The highest BCUT2D eigenvalue weighted by molar-refractivity contribution is 8.14. The van der Waals surface area contributed by atoms with Gasteiger partial charge in [0.25, 0.3) is 11.8 Å². The van der Waals surface area contributed by atoms with Crippen molar-refractivity contribution < 1.29 is 103 Å². The molecule has 47 nitrogen and oxygen atoms in total. The van der Waals surface area contributed by atoms with E-state index in [-0.39, 0.29) is 66.0 Å². The minimum atomic E-state index is -2.21. The van der Waals surface area contributed by atoms with E-state index >= 15 is 4.79 Å². The summed E-state index contributed by atoms with van der Waals surface area (Å²) in [6, 6.07) is -8.29. The molecule has 0 aliphatic carbocycles. The normalized spacial score (nSPS) is 23.5. The third-order valence-corrected chi connectivity index (χ3v) is 20.1. The standard InChI is InChI=1S/C65H108N26O21S2/c1-27-40(88-53(91-51(27)68)32(19-38(67)95)83-20-31(66)52(69)101)57(105)90-42(48(33-21-75-26-84-33)110-61-50(46(99)44(97)36(22-92)109-61)111-60-47(100)49(112-65(74)107)45(98)37(23-93)108-60)58(106)85-29(3)43(96)28(2)54(102)89-41(30(4)94)56(104)77-18-11-39-86-35(25-113-39)59-87-34(24-114-59)55(103)76-12-5-7-14-79-63(72)81-16-9-10-17-82-64(73)80-15-8-6-13-78-62(70)71/h21,24,26,28-32,35-37,41-50,60-61,83,92-94,96-100H,5-20,22-23,25,66H2,1-4H3,(H2,67,95)(H2,69,101)(H2,74,107)(H,75,84)(H,76,103)(H,77,104)(H,85,106)(H,89,102)(H,90,105)(H2,68,88,91)(H4,70,71,78)(H3,72,79,81)(H3,73,80,82)/t28-,29+,30+,31-,32-,35?,36-,37+,41-,42-,43-,44+,45+,46-,47-,48-,49-,50-,60+,61-/m0/s1. The van der Waals surface area contributed by atoms with Crippen LogP contribution in [0.5, 0.6) is 0 Å². The van der Waals surface area contributed by atoms with E-state index in [4.69, 9.17) is 80.3 Å². The van der Waals surface area contributed by atoms with Crippen LogP contribution >= 0.6 is 23.1 Å². The van der Waals surface area contributed by atoms with Gasteiger partial charge in [0.1, 0.15) is 95.0 Å². The first-order valence-corrected chi connectivity index (χ1v) is 38.3. The Balaban J connectivity index is 1.09. The van der Waals surface area contributed by atoms with Crippen molar-refractivity contribution >= 4 is 99.3 Å². The molecule has 0 aromatic carbocycles. The van der Waals surface area contributed by atoms with Gasteiger partial charge in [-0.3, -0.25) is 53.5 Å². The third kappa shape index (κ3) is 28.2. The van der Waals surface area contributed by atoms with E-state index in [0.29, 0.717) is 79.8 Å². The van der Waals surface area contributed by atoms with Gasteiger partial charge in [0.05, 0.1) is 72.7 Å². The molecule has 3 aliphatic rings. The van der Waals surface area contributed by atoms with Gasteiger partial charge in [-0.15, -0.1) is 23.1 Å². The van der Waals surface area contributed by atoms with Crippen LogP contribution in [-0.2, 0) is 47.7 Å². The Labute approximate surface area is 662 Å². The van der Waals surface area contributed by atoms with Crippen molar-refractivity contribution in [2.75, 3.05) is 77.1 Å². The highest BCUT2D eigenvalue weighted by Gasteiger charge is 2.54. The number of amides is 8. The van der Waals surface area contributed by atoms with Crippen molar-refractivity contribution in [2.24, 2.45) is 71.8 Å². The van der Waals surface area contributed by atoms with Gasteiger partial charge in [-0.05, 0) is 59.3 Å². The second-order valence-corrected chi connectivity index (χ2v) is 28.8. The van der Waals surface area contributed by atoms with E-state index in [2.05, 4.69) is 82.4 Å². The summed E-state index contributed by atoms with van der Waals surface area (Å²) in [6.07, 6.45) is -20.7. The molecule has 114 heavy (non-hydrogen) atoms. The van der Waals surface area contributed by atoms with Gasteiger partial charge in [-0.2, -0.15) is 0 Å². The first kappa shape index (κ1) is 93.4. The molecule has 20 atom stereocenters. The smallest absolute Gasteiger partial charge is 0.404 e. The molecular weight excluding hydrogens is 1550 g/mol. The third-order valence-electron chi connectivity index (χ3n) is 18.0. The Morgan fingerprint density at radius 1 is 0.702 bits per heavy atom. The van der Waals surface area contributed by atoms with E-state index in [0.717, 1.165) is 38.2 Å². The molecule has 35 N–H and O–H groups in total. The first-order valence-electron chi connectivity index (χ1n) is 36.5. The van der Waals surface area contributed by atoms with Crippen molar-refractivity contribution in [1.29, 1.82) is 0 Å². The summed E-state index contributed by atoms with van der Waals surface area (Å²) in [4.78, 5) is 144. The maximum absolute atomic E-state index is 15.3. The zero-order chi connectivity index (χ0) is 84.0. The molecule has 3 aromatic rings. The van der Waals surface area contributed by atoms with E-state index < -0.39 is 183 Å². The number of anilines is 1. The summed E-state index contributed by atoms with van der Waals surface area (Å²) in [7, 11) is 0. The average Bonchev–Trinajstić information content (AvgIpc) is 0.856. The fraction of sp³-hybridized carbons (Fsp3) is 0.662. The topological polar surface area (TPSA) is 792 Å². The number of ether oxygens (including phenoxy) is 5. The van der Waals surface area contributed by atoms with E-state index in [1.807, 2.05) is 0 Å². The summed E-state index contributed by atoms with van der Waals surface area (Å²) < 4.78 is 28.8. The monoisotopic (exact) mass is 1650 g/mol. The van der Waals surface area contributed by atoms with Gasteiger partial charge in [0.15, 0.2) is 36.6 Å². The number of carbonyl (C=O) groups is 8. The van der Waals surface area contributed by atoms with Crippen LogP contribution < -0.4 is 94.1 Å². The number of thiazole rings is 1. The number of thioether (sulfide) groups is 1. The van der Waals surface area contributed by atoms with Crippen LogP contribution in [0.4, 0.5) is 10.6 Å². The van der Waals surface area contributed by atoms with Gasteiger partial charge in [0, 0.05) is 81.9 Å². The Bertz CT molecular complexity index is 3770. The fourth-order valence-electron chi connectivity index (χ4n) is 11.5. The van der Waals surface area contributed by atoms with Crippen molar-refractivity contribution in [3.05, 3.63) is 51.4 Å². The molecule has 6 heterocycles. The second kappa shape index (κ2) is 46.2. The quantitative estimate of drug-likeness (QED) is 0.0142. The SMILES string of the molecule is Cc1c(N)nc([C@H](CC(N)=O)NC[C@H](N)C(N)=O)nc1C(=O)N[C@H](C(=O)N[C@H](C)[C@@H](O)[C@H](C)C(=O)N[C@H](C(=O)NCCC1=NC(c2nc(C(=O)NCCCCNC(N)=NCCCCNC(N)=NCCCCN=C(N)N)cs2)CS1)[C@@H](C)O)[C@@H](O[C@@H]1O[C@@H](CO)[C@@H](O)[C@H](O)[C@@H]1O[C@H]1O[C@H](CO)[C@@H](O)[C@H](OC(N)=O)[C@@H]1O)c1cnc[nH]1. The molecule has 2 saturated heterocycles. The lowest BCUT2D eigenvalue weighted by Gasteiger charge is -2.47. The van der Waals surface area contributed by atoms with Gasteiger partial charge in [0.2, 0.25) is 29.5 Å². The molecule has 636 valence electrons. The molecule has 49 heteroatoms. The fourth-order valence-corrected chi connectivity index (χ4v) is 13.5. The van der Waals surface area contributed by atoms with Crippen molar-refractivity contribution in [3.8, 4) is 0 Å². The predicted molar refractivity (Wildman–Crippen MR) is 410 cm³/mol. The number of unbranched alkanes of at least 4 members (excludes halogenated alkanes) is 3. The number of H-pyrrole nitrogens is 1. The lowest BCUT2D eigenvalue weighted by atomic mass is 9.96. The Hall–Kier alpha value is -9.45. The molecule has 0 bridgehead atoms. The minimum Gasteiger partial charge on any atom is -0.441 e. The maximum atomic E-state index is 15.3. The van der Waals surface area contributed by atoms with Gasteiger partial charge in [-0.25, -0.2) is 24.7 Å². The highest BCUT2D eigenvalue weighted by atomic mass is 32.2. The van der Waals surface area contributed by atoms with E-state index in [9.17, 15) is 74.4 Å². The van der Waals surface area contributed by atoms with Crippen LogP contribution in [0.25, 0.3) is 0 Å². The number of aliphatic hydroxyl groups is 8. The number of nitrogens with two attached hydrogens (primary N) is 9. The predicted octanol–water partition coefficient (Wildman–Crippen LogP) is -9.64. The number of carbonyl (C=O) groups excluding carboxylic acids is 8. The molecule has 3 aromatic heterocycles. The molecule has 0 radical (unpaired) electrons. The molecule has 0 spiro atoms. The first-order chi connectivity index (χ1) is 54.1. The van der Waals surface area contributed by atoms with Crippen molar-refractivity contribution in [1.82, 2.24) is 67.5 Å². The van der Waals surface area contributed by atoms with Gasteiger partial charge < -0.3 is 164 Å². The number of nitrogen functional groups attached to an aromatic ring is 1. The number of primary amides is 3. The number of aliphatic imine (C=N–C) groups is 4. The zero-order valence-electron chi connectivity index (χ0n) is 63.2. The number of nitrogens with one attached hydrogen (secondary N) is 9. The summed E-state index contributed by atoms with van der Waals surface area (Å²) in [6.45, 7) is 5.83. The number of aliphatic hydroxyl groups excluding tert-OH is 8. The molecule has 0 saturated carbocycles. The summed E-state index contributed by atoms with van der Waals surface area (Å²) >= 11 is 2.69. The average molecular weight is 1650 g/mol. The lowest BCUT2D eigenvalue weighted by molar-refractivity contribution is -0.372. The zero-order valence-corrected chi connectivity index (χ0v) is 64.8. The Kier molecular flexibility index (Phi) is 37.8. The van der Waals surface area contributed by atoms with E-state index in [1.165, 1.54) is 50.8 Å². The summed E-state index contributed by atoms with van der Waals surface area (Å²) in [5.41, 5.74) is 50.2. The van der Waals surface area contributed by atoms with Crippen LogP contribution in [0.2, 0.25) is 0 Å². The van der Waals surface area contributed by atoms with Crippen molar-refractivity contribution in [3.63, 3.8) is 0 Å². The summed E-state index contributed by atoms with van der Waals surface area (Å²) in [5.74, 6) is -7.55. The van der Waals surface area contributed by atoms with E-state index in [1.54, 1.807) is 5.38 Å².